The number of carbonyl (C=O) groups is 2. The van der Waals surface area contributed by atoms with Crippen LogP contribution in [0, 0.1) is 0 Å². The molecule has 0 aromatic rings. The quantitative estimate of drug-likeness (QED) is 0.182. The summed E-state index contributed by atoms with van der Waals surface area (Å²) in [4.78, 5) is 23.0. The summed E-state index contributed by atoms with van der Waals surface area (Å²) in [5.41, 5.74) is 0. The summed E-state index contributed by atoms with van der Waals surface area (Å²) >= 11 is 0. The molecule has 164 valence electrons. The standard InChI is InChI=1S/C22H40O6/c23-17-11-7-3-1-5-9-13-19-27-21(25)15-16-22(26)28-20-14-10-6-2-4-8-12-18-24/h15-16,23-24H,1-14,17-20H2. The fourth-order valence-corrected chi connectivity index (χ4v) is 2.77. The Morgan fingerprint density at radius 1 is 0.500 bits per heavy atom. The van der Waals surface area contributed by atoms with Gasteiger partial charge in [0.15, 0.2) is 0 Å². The van der Waals surface area contributed by atoms with E-state index in [1.54, 1.807) is 0 Å². The number of hydrogen-bond donors (Lipinski definition) is 2. The van der Waals surface area contributed by atoms with E-state index in [2.05, 4.69) is 0 Å². The van der Waals surface area contributed by atoms with Gasteiger partial charge in [0, 0.05) is 25.4 Å². The SMILES string of the molecule is O=C(C=CC(=O)OCCCCCCCCCO)OCCCCCCCCCO. The van der Waals surface area contributed by atoms with E-state index < -0.39 is 11.9 Å². The van der Waals surface area contributed by atoms with Crippen molar-refractivity contribution in [2.24, 2.45) is 0 Å². The molecule has 0 aromatic carbocycles. The molecule has 6 heteroatoms. The zero-order valence-electron chi connectivity index (χ0n) is 17.4. The van der Waals surface area contributed by atoms with Crippen LogP contribution < -0.4 is 0 Å². The van der Waals surface area contributed by atoms with Gasteiger partial charge in [0.05, 0.1) is 13.2 Å². The third kappa shape index (κ3) is 20.9. The van der Waals surface area contributed by atoms with Crippen molar-refractivity contribution in [1.82, 2.24) is 0 Å². The van der Waals surface area contributed by atoms with Crippen LogP contribution in [0.15, 0.2) is 12.2 Å². The largest absolute Gasteiger partial charge is 0.463 e. The van der Waals surface area contributed by atoms with E-state index in [4.69, 9.17) is 19.7 Å². The first kappa shape index (κ1) is 26.6. The Balaban J connectivity index is 3.43. The molecule has 0 aliphatic carbocycles. The molecule has 0 rings (SSSR count). The van der Waals surface area contributed by atoms with Crippen LogP contribution in [0.1, 0.15) is 89.9 Å². The molecule has 0 saturated heterocycles. The van der Waals surface area contributed by atoms with E-state index in [0.717, 1.165) is 102 Å². The lowest BCUT2D eigenvalue weighted by molar-refractivity contribution is -0.140. The molecule has 0 aromatic heterocycles. The lowest BCUT2D eigenvalue weighted by Gasteiger charge is -2.03. The van der Waals surface area contributed by atoms with Crippen molar-refractivity contribution < 1.29 is 29.3 Å². The van der Waals surface area contributed by atoms with Crippen molar-refractivity contribution in [2.45, 2.75) is 89.9 Å². The second-order valence-electron chi connectivity index (χ2n) is 7.07. The third-order valence-corrected chi connectivity index (χ3v) is 4.45. The molecular weight excluding hydrogens is 360 g/mol. The second kappa shape index (κ2) is 21.9. The van der Waals surface area contributed by atoms with Gasteiger partial charge in [-0.05, 0) is 25.7 Å². The maximum atomic E-state index is 11.5. The smallest absolute Gasteiger partial charge is 0.331 e. The van der Waals surface area contributed by atoms with E-state index in [-0.39, 0.29) is 13.2 Å². The highest BCUT2D eigenvalue weighted by Crippen LogP contribution is 2.08. The summed E-state index contributed by atoms with van der Waals surface area (Å²) < 4.78 is 10.1. The zero-order chi connectivity index (χ0) is 20.7. The second-order valence-corrected chi connectivity index (χ2v) is 7.07. The average Bonchev–Trinajstić information content (AvgIpc) is 2.69. The molecule has 28 heavy (non-hydrogen) atoms. The third-order valence-electron chi connectivity index (χ3n) is 4.45. The highest BCUT2D eigenvalue weighted by Gasteiger charge is 2.01. The van der Waals surface area contributed by atoms with Gasteiger partial charge in [0.1, 0.15) is 0 Å². The first-order valence-electron chi connectivity index (χ1n) is 10.9. The van der Waals surface area contributed by atoms with Crippen molar-refractivity contribution in [3.63, 3.8) is 0 Å². The van der Waals surface area contributed by atoms with Crippen LogP contribution >= 0.6 is 0 Å². The van der Waals surface area contributed by atoms with Gasteiger partial charge >= 0.3 is 11.9 Å². The van der Waals surface area contributed by atoms with Crippen LogP contribution in [0.4, 0.5) is 0 Å². The van der Waals surface area contributed by atoms with Gasteiger partial charge in [-0.3, -0.25) is 0 Å². The van der Waals surface area contributed by atoms with E-state index >= 15 is 0 Å². The zero-order valence-corrected chi connectivity index (χ0v) is 17.4. The Hall–Kier alpha value is -1.40. The van der Waals surface area contributed by atoms with Crippen LogP contribution in [-0.2, 0) is 19.1 Å². The molecule has 0 atom stereocenters. The molecule has 0 heterocycles. The Kier molecular flexibility index (Phi) is 20.8. The van der Waals surface area contributed by atoms with Gasteiger partial charge in [0.25, 0.3) is 0 Å². The van der Waals surface area contributed by atoms with Crippen molar-refractivity contribution in [2.75, 3.05) is 26.4 Å². The number of aliphatic hydroxyl groups is 2. The van der Waals surface area contributed by atoms with Crippen molar-refractivity contribution in [3.8, 4) is 0 Å². The molecule has 0 unspecified atom stereocenters. The molecule has 0 amide bonds. The Morgan fingerprint density at radius 3 is 1.11 bits per heavy atom. The van der Waals surface area contributed by atoms with E-state index in [0.29, 0.717) is 13.2 Å². The topological polar surface area (TPSA) is 93.1 Å². The van der Waals surface area contributed by atoms with Crippen LogP contribution in [0.5, 0.6) is 0 Å². The highest BCUT2D eigenvalue weighted by molar-refractivity contribution is 5.91. The molecule has 0 fully saturated rings. The van der Waals surface area contributed by atoms with Gasteiger partial charge < -0.3 is 19.7 Å². The van der Waals surface area contributed by atoms with Gasteiger partial charge in [-0.25, -0.2) is 9.59 Å². The Labute approximate surface area is 170 Å². The number of esters is 2. The van der Waals surface area contributed by atoms with Crippen molar-refractivity contribution >= 4 is 11.9 Å². The fourth-order valence-electron chi connectivity index (χ4n) is 2.77. The molecule has 0 aliphatic heterocycles. The number of unbranched alkanes of at least 4 members (excludes halogenated alkanes) is 12. The van der Waals surface area contributed by atoms with Crippen molar-refractivity contribution in [1.29, 1.82) is 0 Å². The van der Waals surface area contributed by atoms with E-state index in [9.17, 15) is 9.59 Å². The van der Waals surface area contributed by atoms with E-state index in [1.807, 2.05) is 0 Å². The molecule has 2 N–H and O–H groups in total. The number of rotatable bonds is 20. The maximum Gasteiger partial charge on any atom is 0.331 e. The van der Waals surface area contributed by atoms with Gasteiger partial charge in [-0.15, -0.1) is 0 Å². The summed E-state index contributed by atoms with van der Waals surface area (Å²) in [5.74, 6) is -1.02. The van der Waals surface area contributed by atoms with Crippen LogP contribution in [0.3, 0.4) is 0 Å². The lowest BCUT2D eigenvalue weighted by Crippen LogP contribution is -2.06. The number of ether oxygens (including phenoxy) is 2. The summed E-state index contributed by atoms with van der Waals surface area (Å²) in [6, 6.07) is 0. The minimum Gasteiger partial charge on any atom is -0.463 e. The number of hydrogen-bond acceptors (Lipinski definition) is 6. The molecule has 0 spiro atoms. The summed E-state index contributed by atoms with van der Waals surface area (Å²) in [7, 11) is 0. The lowest BCUT2D eigenvalue weighted by atomic mass is 10.1. The number of carbonyl (C=O) groups excluding carboxylic acids is 2. The molecule has 0 bridgehead atoms. The van der Waals surface area contributed by atoms with Gasteiger partial charge in [-0.2, -0.15) is 0 Å². The maximum absolute atomic E-state index is 11.5. The Morgan fingerprint density at radius 2 is 0.786 bits per heavy atom. The van der Waals surface area contributed by atoms with Crippen LogP contribution in [0.2, 0.25) is 0 Å². The normalized spacial score (nSPS) is 11.1. The fraction of sp³-hybridized carbons (Fsp3) is 0.818. The minimum absolute atomic E-state index is 0.268. The van der Waals surface area contributed by atoms with Crippen LogP contribution in [0.25, 0.3) is 0 Å². The molecule has 0 radical (unpaired) electrons. The number of aliphatic hydroxyl groups excluding tert-OH is 2. The predicted octanol–water partition coefficient (Wildman–Crippen LogP) is 4.08. The minimum atomic E-state index is -0.511. The first-order valence-corrected chi connectivity index (χ1v) is 10.9. The van der Waals surface area contributed by atoms with Crippen LogP contribution in [-0.4, -0.2) is 48.6 Å². The predicted molar refractivity (Wildman–Crippen MR) is 110 cm³/mol. The molecule has 0 saturated carbocycles. The molecular formula is C22H40O6. The highest BCUT2D eigenvalue weighted by atomic mass is 16.5. The monoisotopic (exact) mass is 400 g/mol. The molecule has 0 aliphatic rings. The summed E-state index contributed by atoms with van der Waals surface area (Å²) in [5, 5.41) is 17.4. The van der Waals surface area contributed by atoms with E-state index in [1.165, 1.54) is 0 Å². The summed E-state index contributed by atoms with van der Waals surface area (Å²) in [6.45, 7) is 1.27. The van der Waals surface area contributed by atoms with Gasteiger partial charge in [-0.1, -0.05) is 64.2 Å². The Bertz CT molecular complexity index is 358. The van der Waals surface area contributed by atoms with Crippen molar-refractivity contribution in [3.05, 3.63) is 12.2 Å². The molecule has 6 nitrogen and oxygen atoms in total. The summed E-state index contributed by atoms with van der Waals surface area (Å²) in [6.07, 6.45) is 16.6. The first-order chi connectivity index (χ1) is 13.7. The average molecular weight is 401 g/mol. The van der Waals surface area contributed by atoms with Gasteiger partial charge in [0.2, 0.25) is 0 Å².